The third-order valence-corrected chi connectivity index (χ3v) is 5.79. The highest BCUT2D eigenvalue weighted by Crippen LogP contribution is 2.37. The third kappa shape index (κ3) is 5.41. The Morgan fingerprint density at radius 1 is 0.658 bits per heavy atom. The molecule has 0 aliphatic rings. The number of aryl methyl sites for hydroxylation is 1. The van der Waals surface area contributed by atoms with E-state index in [0.717, 1.165) is 36.4 Å². The predicted octanol–water partition coefficient (Wildman–Crippen LogP) is 9.10. The summed E-state index contributed by atoms with van der Waals surface area (Å²) in [4.78, 5) is 0. The van der Waals surface area contributed by atoms with E-state index in [9.17, 15) is 35.1 Å². The lowest BCUT2D eigenvalue weighted by Crippen LogP contribution is -2.24. The molecule has 0 amide bonds. The van der Waals surface area contributed by atoms with Crippen molar-refractivity contribution in [3.63, 3.8) is 0 Å². The standard InChI is InChI=1S/C29H18F8O/c1-2-3-4-16-6-11-22(28(35)27(16)34)29(36,37)38-19-8-10-21(25(32)15-19)17-5-9-20(24(31)13-17)18-7-12-23(30)26(33)14-18/h2,5-15H,1,3-4H2. The van der Waals surface area contributed by atoms with Gasteiger partial charge in [0.25, 0.3) is 0 Å². The fraction of sp³-hybridized carbons (Fsp3) is 0.103. The smallest absolute Gasteiger partial charge is 0.429 e. The molecule has 4 aromatic carbocycles. The van der Waals surface area contributed by atoms with Crippen LogP contribution in [0.4, 0.5) is 35.1 Å². The van der Waals surface area contributed by atoms with Gasteiger partial charge in [-0.25, -0.2) is 26.3 Å². The summed E-state index contributed by atoms with van der Waals surface area (Å²) in [5, 5.41) is 0. The second-order valence-corrected chi connectivity index (χ2v) is 8.31. The van der Waals surface area contributed by atoms with Crippen molar-refractivity contribution in [2.24, 2.45) is 0 Å². The maximum atomic E-state index is 14.8. The van der Waals surface area contributed by atoms with E-state index in [2.05, 4.69) is 11.3 Å². The highest BCUT2D eigenvalue weighted by molar-refractivity contribution is 5.71. The molecule has 1 nitrogen and oxygen atoms in total. The number of alkyl halides is 2. The van der Waals surface area contributed by atoms with Crippen LogP contribution < -0.4 is 4.74 Å². The lowest BCUT2D eigenvalue weighted by molar-refractivity contribution is -0.187. The Morgan fingerprint density at radius 2 is 1.26 bits per heavy atom. The van der Waals surface area contributed by atoms with Crippen LogP contribution in [0.1, 0.15) is 17.5 Å². The monoisotopic (exact) mass is 534 g/mol. The van der Waals surface area contributed by atoms with Crippen molar-refractivity contribution in [2.45, 2.75) is 19.0 Å². The molecule has 0 atom stereocenters. The van der Waals surface area contributed by atoms with Gasteiger partial charge in [-0.15, -0.1) is 6.58 Å². The summed E-state index contributed by atoms with van der Waals surface area (Å²) < 4.78 is 119. The second-order valence-electron chi connectivity index (χ2n) is 8.31. The molecule has 9 heteroatoms. The van der Waals surface area contributed by atoms with Gasteiger partial charge in [0, 0.05) is 17.2 Å². The van der Waals surface area contributed by atoms with Gasteiger partial charge in [-0.3, -0.25) is 0 Å². The minimum absolute atomic E-state index is 0.0212. The predicted molar refractivity (Wildman–Crippen MR) is 127 cm³/mol. The van der Waals surface area contributed by atoms with Crippen LogP contribution in [0.3, 0.4) is 0 Å². The van der Waals surface area contributed by atoms with Crippen LogP contribution in [0.5, 0.6) is 5.75 Å². The first-order valence-electron chi connectivity index (χ1n) is 11.2. The number of allylic oxidation sites excluding steroid dienone is 1. The first-order chi connectivity index (χ1) is 18.0. The lowest BCUT2D eigenvalue weighted by Gasteiger charge is -2.20. The van der Waals surface area contributed by atoms with E-state index in [1.54, 1.807) is 0 Å². The molecule has 4 aromatic rings. The number of hydrogen-bond donors (Lipinski definition) is 0. The molecule has 0 aromatic heterocycles. The molecular formula is C29H18F8O. The Hall–Kier alpha value is -4.14. The molecule has 0 spiro atoms. The highest BCUT2D eigenvalue weighted by atomic mass is 19.3. The quantitative estimate of drug-likeness (QED) is 0.162. The first-order valence-corrected chi connectivity index (χ1v) is 11.2. The molecule has 0 N–H and O–H groups in total. The minimum atomic E-state index is -4.34. The van der Waals surface area contributed by atoms with Gasteiger partial charge < -0.3 is 4.74 Å². The van der Waals surface area contributed by atoms with Crippen LogP contribution in [0.15, 0.2) is 79.4 Å². The fourth-order valence-corrected chi connectivity index (χ4v) is 3.84. The van der Waals surface area contributed by atoms with E-state index >= 15 is 0 Å². The maximum absolute atomic E-state index is 14.8. The summed E-state index contributed by atoms with van der Waals surface area (Å²) in [6.45, 7) is 3.46. The van der Waals surface area contributed by atoms with E-state index in [-0.39, 0.29) is 34.2 Å². The molecule has 4 rings (SSSR count). The van der Waals surface area contributed by atoms with Gasteiger partial charge in [0.05, 0.1) is 0 Å². The molecule has 0 bridgehead atoms. The molecule has 0 radical (unpaired) electrons. The summed E-state index contributed by atoms with van der Waals surface area (Å²) in [5.74, 6) is -8.12. The number of hydrogen-bond acceptors (Lipinski definition) is 1. The molecule has 0 saturated carbocycles. The maximum Gasteiger partial charge on any atom is 0.429 e. The normalized spacial score (nSPS) is 11.5. The Bertz CT molecular complexity index is 1510. The van der Waals surface area contributed by atoms with Crippen molar-refractivity contribution in [3.8, 4) is 28.0 Å². The van der Waals surface area contributed by atoms with Crippen LogP contribution in [0.25, 0.3) is 22.3 Å². The zero-order valence-corrected chi connectivity index (χ0v) is 19.5. The Balaban J connectivity index is 1.58. The van der Waals surface area contributed by atoms with E-state index in [1.807, 2.05) is 0 Å². The molecule has 0 heterocycles. The SMILES string of the molecule is C=CCCc1ccc(C(F)(F)Oc2ccc(-c3ccc(-c4ccc(F)c(F)c4)c(F)c3)c(F)c2)c(F)c1F. The number of benzene rings is 4. The van der Waals surface area contributed by atoms with E-state index in [0.29, 0.717) is 18.6 Å². The van der Waals surface area contributed by atoms with Gasteiger partial charge in [-0.2, -0.15) is 8.78 Å². The highest BCUT2D eigenvalue weighted by Gasteiger charge is 2.39. The van der Waals surface area contributed by atoms with Crippen LogP contribution >= 0.6 is 0 Å². The van der Waals surface area contributed by atoms with Gasteiger partial charge in [0.2, 0.25) is 0 Å². The van der Waals surface area contributed by atoms with Crippen molar-refractivity contribution < 1.29 is 39.9 Å². The Labute approximate surface area is 212 Å². The van der Waals surface area contributed by atoms with Crippen LogP contribution in [-0.4, -0.2) is 0 Å². The summed E-state index contributed by atoms with van der Waals surface area (Å²) in [5.41, 5.74) is -1.65. The van der Waals surface area contributed by atoms with Crippen molar-refractivity contribution in [1.82, 2.24) is 0 Å². The largest absolute Gasteiger partial charge is 0.429 e. The summed E-state index contributed by atoms with van der Waals surface area (Å²) in [7, 11) is 0. The van der Waals surface area contributed by atoms with E-state index < -0.39 is 52.3 Å². The third-order valence-electron chi connectivity index (χ3n) is 5.79. The van der Waals surface area contributed by atoms with Gasteiger partial charge in [-0.05, 0) is 65.9 Å². The van der Waals surface area contributed by atoms with Crippen molar-refractivity contribution in [3.05, 3.63) is 125 Å². The van der Waals surface area contributed by atoms with Crippen molar-refractivity contribution in [1.29, 1.82) is 0 Å². The van der Waals surface area contributed by atoms with E-state index in [4.69, 9.17) is 0 Å². The van der Waals surface area contributed by atoms with Crippen LogP contribution in [0, 0.1) is 34.9 Å². The lowest BCUT2D eigenvalue weighted by atomic mass is 9.99. The first kappa shape index (κ1) is 26.9. The Kier molecular flexibility index (Phi) is 7.57. The van der Waals surface area contributed by atoms with Gasteiger partial charge in [0.1, 0.15) is 22.9 Å². The van der Waals surface area contributed by atoms with Crippen LogP contribution in [-0.2, 0) is 12.5 Å². The molecule has 0 saturated heterocycles. The van der Waals surface area contributed by atoms with E-state index in [1.165, 1.54) is 24.3 Å². The fourth-order valence-electron chi connectivity index (χ4n) is 3.84. The molecule has 0 unspecified atom stereocenters. The Morgan fingerprint density at radius 3 is 1.87 bits per heavy atom. The number of halogens is 8. The summed E-state index contributed by atoms with van der Waals surface area (Å²) in [6.07, 6.45) is -2.50. The zero-order chi connectivity index (χ0) is 27.6. The average Bonchev–Trinajstić information content (AvgIpc) is 2.86. The summed E-state index contributed by atoms with van der Waals surface area (Å²) in [6, 6.07) is 10.6. The molecule has 0 aliphatic carbocycles. The number of rotatable bonds is 8. The topological polar surface area (TPSA) is 9.23 Å². The van der Waals surface area contributed by atoms with Crippen molar-refractivity contribution >= 4 is 0 Å². The molecule has 0 aliphatic heterocycles. The second kappa shape index (κ2) is 10.7. The average molecular weight is 534 g/mol. The molecule has 196 valence electrons. The molecular weight excluding hydrogens is 516 g/mol. The zero-order valence-electron chi connectivity index (χ0n) is 19.5. The van der Waals surface area contributed by atoms with Gasteiger partial charge >= 0.3 is 6.11 Å². The van der Waals surface area contributed by atoms with Crippen molar-refractivity contribution in [2.75, 3.05) is 0 Å². The van der Waals surface area contributed by atoms with Gasteiger partial charge in [-0.1, -0.05) is 30.3 Å². The van der Waals surface area contributed by atoms with Gasteiger partial charge in [0.15, 0.2) is 23.3 Å². The van der Waals surface area contributed by atoms with Crippen LogP contribution in [0.2, 0.25) is 0 Å². The number of ether oxygens (including phenoxy) is 1. The summed E-state index contributed by atoms with van der Waals surface area (Å²) >= 11 is 0. The minimum Gasteiger partial charge on any atom is -0.429 e. The molecule has 38 heavy (non-hydrogen) atoms. The molecule has 0 fully saturated rings.